The summed E-state index contributed by atoms with van der Waals surface area (Å²) in [5.41, 5.74) is 3.56. The standard InChI is InChI=1S/C12H20N2O/c1-10-7-11(2)12(14-8-10)9-13-5-3-4-6-15/h7-8,13,15H,3-6,9H2,1-2H3. The highest BCUT2D eigenvalue weighted by atomic mass is 16.2. The highest BCUT2D eigenvalue weighted by molar-refractivity contribution is 5.22. The Morgan fingerprint density at radius 3 is 2.80 bits per heavy atom. The molecule has 0 saturated carbocycles. The molecular weight excluding hydrogens is 188 g/mol. The first kappa shape index (κ1) is 12.1. The average Bonchev–Trinajstić information content (AvgIpc) is 2.20. The van der Waals surface area contributed by atoms with E-state index in [0.29, 0.717) is 0 Å². The smallest absolute Gasteiger partial charge is 0.0570 e. The van der Waals surface area contributed by atoms with E-state index in [-0.39, 0.29) is 6.61 Å². The number of unbranched alkanes of at least 4 members (excludes halogenated alkanes) is 1. The zero-order valence-corrected chi connectivity index (χ0v) is 9.58. The highest BCUT2D eigenvalue weighted by Crippen LogP contribution is 2.06. The van der Waals surface area contributed by atoms with Crippen LogP contribution in [0.5, 0.6) is 0 Å². The molecule has 3 nitrogen and oxygen atoms in total. The van der Waals surface area contributed by atoms with Crippen LogP contribution >= 0.6 is 0 Å². The van der Waals surface area contributed by atoms with Crippen LogP contribution in [0.3, 0.4) is 0 Å². The van der Waals surface area contributed by atoms with E-state index in [2.05, 4.69) is 30.2 Å². The molecule has 0 bridgehead atoms. The van der Waals surface area contributed by atoms with Crippen molar-refractivity contribution in [1.82, 2.24) is 10.3 Å². The summed E-state index contributed by atoms with van der Waals surface area (Å²) in [4.78, 5) is 4.38. The summed E-state index contributed by atoms with van der Waals surface area (Å²) in [6.07, 6.45) is 3.78. The highest BCUT2D eigenvalue weighted by Gasteiger charge is 1.99. The van der Waals surface area contributed by atoms with E-state index in [9.17, 15) is 0 Å². The first-order chi connectivity index (χ1) is 7.24. The van der Waals surface area contributed by atoms with Gasteiger partial charge in [-0.25, -0.2) is 0 Å². The van der Waals surface area contributed by atoms with Crippen molar-refractivity contribution in [2.24, 2.45) is 0 Å². The van der Waals surface area contributed by atoms with Gasteiger partial charge in [-0.3, -0.25) is 4.98 Å². The fraction of sp³-hybridized carbons (Fsp3) is 0.583. The van der Waals surface area contributed by atoms with Crippen molar-refractivity contribution in [3.8, 4) is 0 Å². The molecule has 0 atom stereocenters. The summed E-state index contributed by atoms with van der Waals surface area (Å²) in [7, 11) is 0. The molecule has 0 radical (unpaired) electrons. The van der Waals surface area contributed by atoms with Gasteiger partial charge in [-0.05, 0) is 44.4 Å². The summed E-state index contributed by atoms with van der Waals surface area (Å²) in [6.45, 7) is 6.18. The third-order valence-corrected chi connectivity index (χ3v) is 2.38. The second-order valence-corrected chi connectivity index (χ2v) is 3.88. The van der Waals surface area contributed by atoms with Gasteiger partial charge in [0.2, 0.25) is 0 Å². The number of nitrogens with zero attached hydrogens (tertiary/aromatic N) is 1. The number of pyridine rings is 1. The predicted octanol–water partition coefficient (Wildman–Crippen LogP) is 1.56. The van der Waals surface area contributed by atoms with E-state index in [4.69, 9.17) is 5.11 Å². The van der Waals surface area contributed by atoms with Crippen molar-refractivity contribution in [2.45, 2.75) is 33.2 Å². The molecule has 0 amide bonds. The van der Waals surface area contributed by atoms with Gasteiger partial charge in [0.15, 0.2) is 0 Å². The molecule has 15 heavy (non-hydrogen) atoms. The van der Waals surface area contributed by atoms with Gasteiger partial charge in [0, 0.05) is 19.3 Å². The molecule has 0 aromatic carbocycles. The molecule has 0 saturated heterocycles. The maximum atomic E-state index is 8.62. The van der Waals surface area contributed by atoms with Gasteiger partial charge >= 0.3 is 0 Å². The maximum Gasteiger partial charge on any atom is 0.0570 e. The van der Waals surface area contributed by atoms with Crippen LogP contribution in [0.1, 0.15) is 29.7 Å². The van der Waals surface area contributed by atoms with Crippen LogP contribution in [0.25, 0.3) is 0 Å². The number of aromatic nitrogens is 1. The molecule has 0 unspecified atom stereocenters. The molecule has 0 spiro atoms. The quantitative estimate of drug-likeness (QED) is 0.697. The van der Waals surface area contributed by atoms with E-state index < -0.39 is 0 Å². The minimum absolute atomic E-state index is 0.281. The third kappa shape index (κ3) is 4.40. The Morgan fingerprint density at radius 2 is 2.13 bits per heavy atom. The first-order valence-corrected chi connectivity index (χ1v) is 5.47. The number of aliphatic hydroxyl groups is 1. The SMILES string of the molecule is Cc1cnc(CNCCCCO)c(C)c1. The monoisotopic (exact) mass is 208 g/mol. The van der Waals surface area contributed by atoms with Crippen molar-refractivity contribution in [3.05, 3.63) is 29.1 Å². The second-order valence-electron chi connectivity index (χ2n) is 3.88. The Labute approximate surface area is 91.5 Å². The van der Waals surface area contributed by atoms with Gasteiger partial charge in [-0.15, -0.1) is 0 Å². The van der Waals surface area contributed by atoms with Crippen molar-refractivity contribution >= 4 is 0 Å². The Morgan fingerprint density at radius 1 is 1.33 bits per heavy atom. The van der Waals surface area contributed by atoms with Crippen LogP contribution < -0.4 is 5.32 Å². The molecule has 0 fully saturated rings. The maximum absolute atomic E-state index is 8.62. The molecule has 1 rings (SSSR count). The summed E-state index contributed by atoms with van der Waals surface area (Å²) >= 11 is 0. The lowest BCUT2D eigenvalue weighted by Gasteiger charge is -2.07. The minimum atomic E-state index is 0.281. The Balaban J connectivity index is 2.31. The van der Waals surface area contributed by atoms with E-state index in [1.165, 1.54) is 11.1 Å². The third-order valence-electron chi connectivity index (χ3n) is 2.38. The molecule has 3 heteroatoms. The average molecular weight is 208 g/mol. The Hall–Kier alpha value is -0.930. The van der Waals surface area contributed by atoms with Crippen LogP contribution in [-0.4, -0.2) is 23.2 Å². The zero-order valence-electron chi connectivity index (χ0n) is 9.58. The van der Waals surface area contributed by atoms with Crippen LogP contribution in [0.2, 0.25) is 0 Å². The molecule has 0 aliphatic carbocycles. The molecule has 0 aliphatic rings. The molecule has 0 aliphatic heterocycles. The van der Waals surface area contributed by atoms with Crippen molar-refractivity contribution in [3.63, 3.8) is 0 Å². The fourth-order valence-corrected chi connectivity index (χ4v) is 1.50. The van der Waals surface area contributed by atoms with Crippen molar-refractivity contribution < 1.29 is 5.11 Å². The Kier molecular flexibility index (Phi) is 5.29. The zero-order chi connectivity index (χ0) is 11.1. The molecule has 84 valence electrons. The summed E-state index contributed by atoms with van der Waals surface area (Å²) in [5.74, 6) is 0. The van der Waals surface area contributed by atoms with Crippen molar-refractivity contribution in [1.29, 1.82) is 0 Å². The van der Waals surface area contributed by atoms with Crippen LogP contribution in [0.4, 0.5) is 0 Å². The van der Waals surface area contributed by atoms with Gasteiger partial charge in [0.1, 0.15) is 0 Å². The largest absolute Gasteiger partial charge is 0.396 e. The number of hydrogen-bond donors (Lipinski definition) is 2. The lowest BCUT2D eigenvalue weighted by atomic mass is 10.1. The van der Waals surface area contributed by atoms with E-state index in [1.54, 1.807) is 0 Å². The Bertz CT molecular complexity index is 300. The molecule has 1 aromatic rings. The van der Waals surface area contributed by atoms with Crippen LogP contribution in [-0.2, 0) is 6.54 Å². The summed E-state index contributed by atoms with van der Waals surface area (Å²) < 4.78 is 0. The van der Waals surface area contributed by atoms with Crippen LogP contribution in [0, 0.1) is 13.8 Å². The lowest BCUT2D eigenvalue weighted by molar-refractivity contribution is 0.283. The normalized spacial score (nSPS) is 10.6. The van der Waals surface area contributed by atoms with Gasteiger partial charge in [-0.2, -0.15) is 0 Å². The topological polar surface area (TPSA) is 45.2 Å². The number of rotatable bonds is 6. The molecule has 1 aromatic heterocycles. The van der Waals surface area contributed by atoms with Gasteiger partial charge in [0.05, 0.1) is 5.69 Å². The van der Waals surface area contributed by atoms with Gasteiger partial charge in [0.25, 0.3) is 0 Å². The molecule has 2 N–H and O–H groups in total. The fourth-order valence-electron chi connectivity index (χ4n) is 1.50. The minimum Gasteiger partial charge on any atom is -0.396 e. The first-order valence-electron chi connectivity index (χ1n) is 5.47. The summed E-state index contributed by atoms with van der Waals surface area (Å²) in [5, 5.41) is 11.9. The van der Waals surface area contributed by atoms with Gasteiger partial charge < -0.3 is 10.4 Å². The second kappa shape index (κ2) is 6.53. The van der Waals surface area contributed by atoms with Crippen LogP contribution in [0.15, 0.2) is 12.3 Å². The number of aryl methyl sites for hydroxylation is 2. The summed E-state index contributed by atoms with van der Waals surface area (Å²) in [6, 6.07) is 2.15. The number of nitrogens with one attached hydrogen (secondary N) is 1. The number of aliphatic hydroxyl groups excluding tert-OH is 1. The molecular formula is C12H20N2O. The molecule has 1 heterocycles. The van der Waals surface area contributed by atoms with E-state index in [0.717, 1.165) is 31.6 Å². The lowest BCUT2D eigenvalue weighted by Crippen LogP contribution is -2.16. The van der Waals surface area contributed by atoms with E-state index in [1.807, 2.05) is 6.20 Å². The number of hydrogen-bond acceptors (Lipinski definition) is 3. The van der Waals surface area contributed by atoms with Crippen molar-refractivity contribution in [2.75, 3.05) is 13.2 Å². The van der Waals surface area contributed by atoms with Gasteiger partial charge in [-0.1, -0.05) is 6.07 Å². The predicted molar refractivity (Wildman–Crippen MR) is 61.7 cm³/mol. The van der Waals surface area contributed by atoms with E-state index >= 15 is 0 Å².